The van der Waals surface area contributed by atoms with Gasteiger partial charge in [0, 0.05) is 37.7 Å². The van der Waals surface area contributed by atoms with E-state index in [0.29, 0.717) is 31.3 Å². The summed E-state index contributed by atoms with van der Waals surface area (Å²) in [5.74, 6) is 1.74. The largest absolute Gasteiger partial charge is 0.448 e. The normalized spacial score (nSPS) is 11.2. The fourth-order valence-corrected chi connectivity index (χ4v) is 4.57. The summed E-state index contributed by atoms with van der Waals surface area (Å²) in [4.78, 5) is 33.4. The maximum Gasteiger partial charge on any atom is 0.273 e. The molecule has 0 saturated carbocycles. The zero-order valence-corrected chi connectivity index (χ0v) is 22.6. The van der Waals surface area contributed by atoms with Crippen LogP contribution in [0.3, 0.4) is 0 Å². The van der Waals surface area contributed by atoms with Crippen LogP contribution in [0.15, 0.2) is 88.4 Å². The number of hydrogen-bond acceptors (Lipinski definition) is 8. The van der Waals surface area contributed by atoms with Crippen LogP contribution >= 0.6 is 0 Å². The first-order chi connectivity index (χ1) is 20.1. The van der Waals surface area contributed by atoms with E-state index in [-0.39, 0.29) is 11.6 Å². The van der Waals surface area contributed by atoms with Gasteiger partial charge in [0.2, 0.25) is 5.89 Å². The highest BCUT2D eigenvalue weighted by atomic mass is 16.3. The third-order valence-electron chi connectivity index (χ3n) is 6.78. The van der Waals surface area contributed by atoms with E-state index in [0.717, 1.165) is 57.8 Å². The lowest BCUT2D eigenvalue weighted by molar-refractivity contribution is 0.0945. The van der Waals surface area contributed by atoms with Crippen LogP contribution in [-0.2, 0) is 19.4 Å². The number of H-pyrrole nitrogens is 1. The number of fused-ring (bicyclic) bond motifs is 1. The third kappa shape index (κ3) is 6.23. The van der Waals surface area contributed by atoms with E-state index in [1.54, 1.807) is 18.7 Å². The van der Waals surface area contributed by atoms with Gasteiger partial charge in [0.25, 0.3) is 5.91 Å². The number of aromatic amines is 1. The van der Waals surface area contributed by atoms with E-state index in [2.05, 4.69) is 54.8 Å². The van der Waals surface area contributed by atoms with Gasteiger partial charge in [-0.15, -0.1) is 0 Å². The molecule has 0 aliphatic carbocycles. The van der Waals surface area contributed by atoms with Crippen molar-refractivity contribution in [3.05, 3.63) is 108 Å². The van der Waals surface area contributed by atoms with Gasteiger partial charge < -0.3 is 24.5 Å². The lowest BCUT2D eigenvalue weighted by atomic mass is 10.0. The van der Waals surface area contributed by atoms with Gasteiger partial charge in [-0.25, -0.2) is 15.0 Å². The predicted octanol–water partition coefficient (Wildman–Crippen LogP) is 4.88. The molecular weight excluding hydrogens is 518 g/mol. The molecule has 10 nitrogen and oxygen atoms in total. The lowest BCUT2D eigenvalue weighted by Gasteiger charge is -2.05. The third-order valence-corrected chi connectivity index (χ3v) is 6.78. The minimum absolute atomic E-state index is 0.264. The Kier molecular flexibility index (Phi) is 7.63. The number of benzene rings is 2. The van der Waals surface area contributed by atoms with Crippen LogP contribution < -0.4 is 10.6 Å². The second kappa shape index (κ2) is 12.0. The lowest BCUT2D eigenvalue weighted by Crippen LogP contribution is -2.24. The number of pyridine rings is 1. The molecule has 0 aliphatic rings. The van der Waals surface area contributed by atoms with Gasteiger partial charge in [0.05, 0.1) is 29.5 Å². The van der Waals surface area contributed by atoms with Crippen LogP contribution in [0.1, 0.15) is 33.5 Å². The van der Waals surface area contributed by atoms with Crippen molar-refractivity contribution in [1.82, 2.24) is 35.6 Å². The molecule has 3 N–H and O–H groups in total. The molecule has 4 aromatic heterocycles. The first-order valence-electron chi connectivity index (χ1n) is 13.4. The molecule has 0 saturated heterocycles. The fraction of sp³-hybridized carbons (Fsp3) is 0.194. The highest BCUT2D eigenvalue weighted by molar-refractivity contribution is 5.91. The molecule has 0 aliphatic heterocycles. The number of imidazole rings is 1. The molecule has 206 valence electrons. The highest BCUT2D eigenvalue weighted by Gasteiger charge is 2.13. The minimum Gasteiger partial charge on any atom is -0.448 e. The summed E-state index contributed by atoms with van der Waals surface area (Å²) in [5.41, 5.74) is 7.13. The van der Waals surface area contributed by atoms with Crippen LogP contribution in [0.5, 0.6) is 0 Å². The minimum atomic E-state index is -0.284. The fourth-order valence-electron chi connectivity index (χ4n) is 4.57. The number of aromatic nitrogens is 5. The Balaban J connectivity index is 0.978. The SMILES string of the molecule is Cc1cccnc1CNC(=O)c1coc(CCNCCc2nc3ccc(-c4cccc(-c5ncco5)c4)cc3[nH]2)n1. The van der Waals surface area contributed by atoms with Crippen molar-refractivity contribution in [2.75, 3.05) is 13.1 Å². The summed E-state index contributed by atoms with van der Waals surface area (Å²) in [5, 5.41) is 6.23. The van der Waals surface area contributed by atoms with Crippen molar-refractivity contribution in [2.45, 2.75) is 26.3 Å². The quantitative estimate of drug-likeness (QED) is 0.195. The maximum absolute atomic E-state index is 12.4. The van der Waals surface area contributed by atoms with Crippen molar-refractivity contribution in [3.8, 4) is 22.6 Å². The van der Waals surface area contributed by atoms with E-state index in [9.17, 15) is 4.79 Å². The predicted molar refractivity (Wildman–Crippen MR) is 154 cm³/mol. The second-order valence-corrected chi connectivity index (χ2v) is 9.66. The molecule has 0 radical (unpaired) electrons. The standard InChI is InChI=1S/C31H29N7O3/c1-20-4-3-11-33-26(20)18-35-30(39)27-19-41-29(38-27)10-13-32-12-9-28-36-24-8-7-22(17-25(24)37-28)21-5-2-6-23(16-21)31-34-14-15-40-31/h2-8,11,14-17,19,32H,9-10,12-13,18H2,1H3,(H,35,39)(H,36,37). The maximum atomic E-state index is 12.4. The molecule has 2 aromatic carbocycles. The van der Waals surface area contributed by atoms with Gasteiger partial charge in [-0.05, 0) is 53.9 Å². The smallest absolute Gasteiger partial charge is 0.273 e. The Hall–Kier alpha value is -5.09. The van der Waals surface area contributed by atoms with E-state index in [1.165, 1.54) is 6.26 Å². The summed E-state index contributed by atoms with van der Waals surface area (Å²) in [6.45, 7) is 3.71. The van der Waals surface area contributed by atoms with Crippen molar-refractivity contribution in [2.24, 2.45) is 0 Å². The van der Waals surface area contributed by atoms with Gasteiger partial charge in [-0.2, -0.15) is 0 Å². The Morgan fingerprint density at radius 3 is 2.66 bits per heavy atom. The van der Waals surface area contributed by atoms with E-state index in [4.69, 9.17) is 13.8 Å². The van der Waals surface area contributed by atoms with Crippen molar-refractivity contribution in [3.63, 3.8) is 0 Å². The number of oxazole rings is 2. The summed E-state index contributed by atoms with van der Waals surface area (Å²) in [6, 6.07) is 18.2. The number of carbonyl (C=O) groups is 1. The first kappa shape index (κ1) is 26.1. The Bertz CT molecular complexity index is 1770. The summed E-state index contributed by atoms with van der Waals surface area (Å²) in [7, 11) is 0. The van der Waals surface area contributed by atoms with Gasteiger partial charge >= 0.3 is 0 Å². The number of carbonyl (C=O) groups excluding carboxylic acids is 1. The number of aryl methyl sites for hydroxylation is 1. The van der Waals surface area contributed by atoms with Crippen LogP contribution in [0.2, 0.25) is 0 Å². The molecule has 0 unspecified atom stereocenters. The van der Waals surface area contributed by atoms with E-state index >= 15 is 0 Å². The van der Waals surface area contributed by atoms with Crippen LogP contribution in [0, 0.1) is 6.92 Å². The Morgan fingerprint density at radius 2 is 1.78 bits per heavy atom. The van der Waals surface area contributed by atoms with Gasteiger partial charge in [0.1, 0.15) is 18.4 Å². The molecule has 4 heterocycles. The van der Waals surface area contributed by atoms with Crippen molar-refractivity contribution >= 4 is 16.9 Å². The second-order valence-electron chi connectivity index (χ2n) is 9.66. The molecule has 1 amide bonds. The zero-order chi connectivity index (χ0) is 28.0. The first-order valence-corrected chi connectivity index (χ1v) is 13.4. The molecule has 10 heteroatoms. The molecule has 6 rings (SSSR count). The van der Waals surface area contributed by atoms with Crippen molar-refractivity contribution in [1.29, 1.82) is 0 Å². The molecule has 0 bridgehead atoms. The van der Waals surface area contributed by atoms with Crippen LogP contribution in [0.25, 0.3) is 33.6 Å². The summed E-state index contributed by atoms with van der Waals surface area (Å²) in [6.07, 6.45) is 7.64. The van der Waals surface area contributed by atoms with Gasteiger partial charge in [0.15, 0.2) is 11.6 Å². The van der Waals surface area contributed by atoms with Gasteiger partial charge in [-0.1, -0.05) is 24.3 Å². The number of nitrogens with one attached hydrogen (secondary N) is 3. The monoisotopic (exact) mass is 547 g/mol. The Morgan fingerprint density at radius 1 is 0.902 bits per heavy atom. The molecule has 6 aromatic rings. The zero-order valence-electron chi connectivity index (χ0n) is 22.6. The molecule has 0 fully saturated rings. The molecule has 41 heavy (non-hydrogen) atoms. The average Bonchev–Trinajstić information content (AvgIpc) is 3.77. The summed E-state index contributed by atoms with van der Waals surface area (Å²) < 4.78 is 10.9. The Labute approximate surface area is 236 Å². The molecule has 0 atom stereocenters. The van der Waals surface area contributed by atoms with Gasteiger partial charge in [-0.3, -0.25) is 9.78 Å². The number of amides is 1. The number of hydrogen-bond donors (Lipinski definition) is 3. The highest BCUT2D eigenvalue weighted by Crippen LogP contribution is 2.27. The van der Waals surface area contributed by atoms with E-state index in [1.807, 2.05) is 37.3 Å². The average molecular weight is 548 g/mol. The van der Waals surface area contributed by atoms with Crippen LogP contribution in [0.4, 0.5) is 0 Å². The summed E-state index contributed by atoms with van der Waals surface area (Å²) >= 11 is 0. The molecular formula is C31H29N7O3. The van der Waals surface area contributed by atoms with Crippen LogP contribution in [-0.4, -0.2) is 43.9 Å². The van der Waals surface area contributed by atoms with Crippen molar-refractivity contribution < 1.29 is 13.6 Å². The van der Waals surface area contributed by atoms with E-state index < -0.39 is 0 Å². The topological polar surface area (TPSA) is 135 Å². The molecule has 0 spiro atoms. The number of nitrogens with zero attached hydrogens (tertiary/aromatic N) is 4. The number of rotatable bonds is 11.